The molecule has 25 heavy (non-hydrogen) atoms. The standard InChI is InChI=1S/C20H23ClN2O2/c1-25-19-4-2-3-17(13-19)15-22-9-11-23(12-10-22)20(24)14-16-5-7-18(21)8-6-16/h2-8,13H,9-12,14-15H2,1H3. The molecule has 2 aromatic rings. The van der Waals surface area contributed by atoms with Gasteiger partial charge in [-0.25, -0.2) is 0 Å². The largest absolute Gasteiger partial charge is 0.497 e. The Morgan fingerprint density at radius 1 is 1.04 bits per heavy atom. The molecule has 4 nitrogen and oxygen atoms in total. The van der Waals surface area contributed by atoms with Crippen molar-refractivity contribution in [1.82, 2.24) is 9.80 Å². The molecule has 0 unspecified atom stereocenters. The van der Waals surface area contributed by atoms with Crippen molar-refractivity contribution in [3.8, 4) is 5.75 Å². The van der Waals surface area contributed by atoms with Crippen molar-refractivity contribution in [2.75, 3.05) is 33.3 Å². The Morgan fingerprint density at radius 3 is 2.44 bits per heavy atom. The van der Waals surface area contributed by atoms with Gasteiger partial charge in [0.15, 0.2) is 0 Å². The van der Waals surface area contributed by atoms with Crippen molar-refractivity contribution in [1.29, 1.82) is 0 Å². The first-order chi connectivity index (χ1) is 12.1. The third-order valence-electron chi connectivity index (χ3n) is 4.53. The van der Waals surface area contributed by atoms with E-state index in [9.17, 15) is 4.79 Å². The SMILES string of the molecule is COc1cccc(CN2CCN(C(=O)Cc3ccc(Cl)cc3)CC2)c1. The molecule has 0 atom stereocenters. The summed E-state index contributed by atoms with van der Waals surface area (Å²) in [6.07, 6.45) is 0.438. The number of rotatable bonds is 5. The molecular weight excluding hydrogens is 336 g/mol. The molecule has 0 radical (unpaired) electrons. The van der Waals surface area contributed by atoms with Crippen molar-refractivity contribution in [2.45, 2.75) is 13.0 Å². The van der Waals surface area contributed by atoms with Crippen molar-refractivity contribution in [2.24, 2.45) is 0 Å². The van der Waals surface area contributed by atoms with Crippen LogP contribution in [0.5, 0.6) is 5.75 Å². The van der Waals surface area contributed by atoms with Gasteiger partial charge < -0.3 is 9.64 Å². The van der Waals surface area contributed by atoms with Gasteiger partial charge in [0.2, 0.25) is 5.91 Å². The van der Waals surface area contributed by atoms with Crippen LogP contribution in [0.3, 0.4) is 0 Å². The van der Waals surface area contributed by atoms with Crippen LogP contribution < -0.4 is 4.74 Å². The summed E-state index contributed by atoms with van der Waals surface area (Å²) in [5, 5.41) is 0.697. The minimum absolute atomic E-state index is 0.184. The van der Waals surface area contributed by atoms with E-state index in [2.05, 4.69) is 17.0 Å². The van der Waals surface area contributed by atoms with Crippen LogP contribution in [-0.4, -0.2) is 49.0 Å². The summed E-state index contributed by atoms with van der Waals surface area (Å²) in [6.45, 7) is 4.22. The van der Waals surface area contributed by atoms with Gasteiger partial charge in [-0.1, -0.05) is 35.9 Å². The number of methoxy groups -OCH3 is 1. The van der Waals surface area contributed by atoms with E-state index < -0.39 is 0 Å². The zero-order valence-corrected chi connectivity index (χ0v) is 15.2. The van der Waals surface area contributed by atoms with Gasteiger partial charge in [-0.2, -0.15) is 0 Å². The molecule has 0 spiro atoms. The lowest BCUT2D eigenvalue weighted by atomic mass is 10.1. The molecule has 2 aromatic carbocycles. The van der Waals surface area contributed by atoms with Crippen LogP contribution in [0.15, 0.2) is 48.5 Å². The number of hydrogen-bond donors (Lipinski definition) is 0. The van der Waals surface area contributed by atoms with E-state index in [0.717, 1.165) is 44.0 Å². The monoisotopic (exact) mass is 358 g/mol. The maximum absolute atomic E-state index is 12.5. The fourth-order valence-corrected chi connectivity index (χ4v) is 3.20. The molecule has 1 saturated heterocycles. The molecule has 0 aliphatic carbocycles. The maximum Gasteiger partial charge on any atom is 0.227 e. The summed E-state index contributed by atoms with van der Waals surface area (Å²) in [6, 6.07) is 15.6. The number of carbonyl (C=O) groups excluding carboxylic acids is 1. The minimum Gasteiger partial charge on any atom is -0.497 e. The Labute approximate surface area is 154 Å². The molecule has 0 saturated carbocycles. The summed E-state index contributed by atoms with van der Waals surface area (Å²) >= 11 is 5.89. The van der Waals surface area contributed by atoms with E-state index in [1.807, 2.05) is 41.3 Å². The number of halogens is 1. The number of ether oxygens (including phenoxy) is 1. The van der Waals surface area contributed by atoms with Gasteiger partial charge in [-0.15, -0.1) is 0 Å². The molecule has 1 aliphatic rings. The molecule has 132 valence electrons. The molecule has 0 aromatic heterocycles. The zero-order chi connectivity index (χ0) is 17.6. The lowest BCUT2D eigenvalue weighted by Gasteiger charge is -2.35. The first kappa shape index (κ1) is 17.8. The van der Waals surface area contributed by atoms with Crippen molar-refractivity contribution in [3.05, 3.63) is 64.7 Å². The number of hydrogen-bond acceptors (Lipinski definition) is 3. The molecular formula is C20H23ClN2O2. The number of carbonyl (C=O) groups is 1. The van der Waals surface area contributed by atoms with E-state index in [4.69, 9.17) is 16.3 Å². The van der Waals surface area contributed by atoms with Crippen molar-refractivity contribution < 1.29 is 9.53 Å². The van der Waals surface area contributed by atoms with E-state index >= 15 is 0 Å². The van der Waals surface area contributed by atoms with E-state index in [1.165, 1.54) is 5.56 Å². The smallest absolute Gasteiger partial charge is 0.227 e. The summed E-state index contributed by atoms with van der Waals surface area (Å²) in [7, 11) is 1.68. The van der Waals surface area contributed by atoms with Gasteiger partial charge in [0.25, 0.3) is 0 Å². The second kappa shape index (κ2) is 8.37. The molecule has 3 rings (SSSR count). The summed E-state index contributed by atoms with van der Waals surface area (Å²) in [5.41, 5.74) is 2.24. The van der Waals surface area contributed by atoms with E-state index in [0.29, 0.717) is 11.4 Å². The highest BCUT2D eigenvalue weighted by Gasteiger charge is 2.21. The van der Waals surface area contributed by atoms with Crippen LogP contribution in [0.1, 0.15) is 11.1 Å². The fourth-order valence-electron chi connectivity index (χ4n) is 3.07. The van der Waals surface area contributed by atoms with Crippen LogP contribution >= 0.6 is 11.6 Å². The molecule has 0 bridgehead atoms. The third-order valence-corrected chi connectivity index (χ3v) is 4.79. The van der Waals surface area contributed by atoms with Crippen LogP contribution in [0, 0.1) is 0 Å². The van der Waals surface area contributed by atoms with Crippen LogP contribution in [0.4, 0.5) is 0 Å². The highest BCUT2D eigenvalue weighted by Crippen LogP contribution is 2.16. The average molecular weight is 359 g/mol. The number of nitrogens with zero attached hydrogens (tertiary/aromatic N) is 2. The third kappa shape index (κ3) is 4.97. The van der Waals surface area contributed by atoms with Crippen molar-refractivity contribution >= 4 is 17.5 Å². The quantitative estimate of drug-likeness (QED) is 0.822. The van der Waals surface area contributed by atoms with Crippen molar-refractivity contribution in [3.63, 3.8) is 0 Å². The minimum atomic E-state index is 0.184. The Kier molecular flexibility index (Phi) is 5.95. The van der Waals surface area contributed by atoms with Crippen LogP contribution in [-0.2, 0) is 17.8 Å². The Hall–Kier alpha value is -2.04. The molecule has 1 fully saturated rings. The highest BCUT2D eigenvalue weighted by atomic mass is 35.5. The van der Waals surface area contributed by atoms with Gasteiger partial charge in [0.1, 0.15) is 5.75 Å². The topological polar surface area (TPSA) is 32.8 Å². The summed E-state index contributed by atoms with van der Waals surface area (Å²) in [4.78, 5) is 16.8. The first-order valence-electron chi connectivity index (χ1n) is 8.51. The molecule has 1 amide bonds. The molecule has 1 aliphatic heterocycles. The Morgan fingerprint density at radius 2 is 1.76 bits per heavy atom. The summed E-state index contributed by atoms with van der Waals surface area (Å²) in [5.74, 6) is 1.07. The number of piperazine rings is 1. The zero-order valence-electron chi connectivity index (χ0n) is 14.5. The molecule has 1 heterocycles. The molecule has 0 N–H and O–H groups in total. The first-order valence-corrected chi connectivity index (χ1v) is 8.89. The second-order valence-electron chi connectivity index (χ2n) is 6.31. The second-order valence-corrected chi connectivity index (χ2v) is 6.75. The Balaban J connectivity index is 1.49. The highest BCUT2D eigenvalue weighted by molar-refractivity contribution is 6.30. The lowest BCUT2D eigenvalue weighted by Crippen LogP contribution is -2.48. The van der Waals surface area contributed by atoms with E-state index in [-0.39, 0.29) is 5.91 Å². The maximum atomic E-state index is 12.5. The number of benzene rings is 2. The van der Waals surface area contributed by atoms with Gasteiger partial charge in [0, 0.05) is 37.7 Å². The summed E-state index contributed by atoms with van der Waals surface area (Å²) < 4.78 is 5.28. The fraction of sp³-hybridized carbons (Fsp3) is 0.350. The lowest BCUT2D eigenvalue weighted by molar-refractivity contribution is -0.132. The van der Waals surface area contributed by atoms with Gasteiger partial charge >= 0.3 is 0 Å². The Bertz CT molecular complexity index is 710. The van der Waals surface area contributed by atoms with Gasteiger partial charge in [-0.05, 0) is 35.4 Å². The van der Waals surface area contributed by atoms with E-state index in [1.54, 1.807) is 7.11 Å². The van der Waals surface area contributed by atoms with Gasteiger partial charge in [-0.3, -0.25) is 9.69 Å². The normalized spacial score (nSPS) is 15.2. The van der Waals surface area contributed by atoms with Gasteiger partial charge in [0.05, 0.1) is 13.5 Å². The number of amides is 1. The predicted octanol–water partition coefficient (Wildman–Crippen LogP) is 3.24. The van der Waals surface area contributed by atoms with Crippen LogP contribution in [0.2, 0.25) is 5.02 Å². The average Bonchev–Trinajstić information content (AvgIpc) is 2.64. The van der Waals surface area contributed by atoms with Crippen LogP contribution in [0.25, 0.3) is 0 Å². The molecule has 5 heteroatoms. The predicted molar refractivity (Wildman–Crippen MR) is 100 cm³/mol.